The number of methoxy groups -OCH3 is 2. The van der Waals surface area contributed by atoms with Crippen molar-refractivity contribution in [2.75, 3.05) is 20.0 Å². The van der Waals surface area contributed by atoms with E-state index < -0.39 is 5.97 Å². The molecular weight excluding hydrogens is 234 g/mol. The quantitative estimate of drug-likeness (QED) is 0.651. The molecule has 0 saturated heterocycles. The predicted molar refractivity (Wildman–Crippen MR) is 67.2 cm³/mol. The van der Waals surface area contributed by atoms with Gasteiger partial charge in [0.25, 0.3) is 0 Å². The average molecular weight is 251 g/mol. The second-order valence-corrected chi connectivity index (χ2v) is 4.02. The third kappa shape index (κ3) is 3.23. The second kappa shape index (κ2) is 6.05. The van der Waals surface area contributed by atoms with Crippen LogP contribution in [-0.2, 0) is 14.3 Å². The minimum atomic E-state index is -0.486. The summed E-state index contributed by atoms with van der Waals surface area (Å²) in [5, 5.41) is 0. The van der Waals surface area contributed by atoms with Crippen molar-refractivity contribution in [2.24, 2.45) is 0 Å². The molecule has 0 spiro atoms. The molecule has 1 rings (SSSR count). The summed E-state index contributed by atoms with van der Waals surface area (Å²) in [6.45, 7) is 1.88. The van der Waals surface area contributed by atoms with Gasteiger partial charge in [-0.25, -0.2) is 4.79 Å². The van der Waals surface area contributed by atoms with E-state index in [1.807, 2.05) is 6.92 Å². The highest BCUT2D eigenvalue weighted by Crippen LogP contribution is 2.24. The van der Waals surface area contributed by atoms with Gasteiger partial charge in [-0.05, 0) is 23.6 Å². The zero-order valence-corrected chi connectivity index (χ0v) is 10.7. The van der Waals surface area contributed by atoms with Crippen molar-refractivity contribution in [3.05, 3.63) is 29.3 Å². The lowest BCUT2D eigenvalue weighted by Gasteiger charge is -2.12. The van der Waals surface area contributed by atoms with Gasteiger partial charge in [0.2, 0.25) is 0 Å². The average Bonchev–Trinajstić information content (AvgIpc) is 2.38. The molecule has 5 heteroatoms. The lowest BCUT2D eigenvalue weighted by atomic mass is 9.95. The van der Waals surface area contributed by atoms with Crippen LogP contribution in [0.2, 0.25) is 0 Å². The second-order valence-electron chi connectivity index (χ2n) is 4.02. The molecule has 0 aliphatic carbocycles. The number of benzene rings is 1. The number of carbonyl (C=O) groups is 2. The summed E-state index contributed by atoms with van der Waals surface area (Å²) in [5.41, 5.74) is 7.21. The lowest BCUT2D eigenvalue weighted by molar-refractivity contribution is -0.140. The van der Waals surface area contributed by atoms with Gasteiger partial charge < -0.3 is 15.2 Å². The molecule has 0 fully saturated rings. The van der Waals surface area contributed by atoms with Gasteiger partial charge in [-0.3, -0.25) is 4.79 Å². The van der Waals surface area contributed by atoms with Crippen LogP contribution in [0.4, 0.5) is 5.69 Å². The lowest BCUT2D eigenvalue weighted by Crippen LogP contribution is -2.09. The minimum Gasteiger partial charge on any atom is -0.469 e. The van der Waals surface area contributed by atoms with Crippen molar-refractivity contribution in [1.29, 1.82) is 0 Å². The van der Waals surface area contributed by atoms with E-state index in [9.17, 15) is 9.59 Å². The zero-order valence-electron chi connectivity index (χ0n) is 10.7. The fourth-order valence-corrected chi connectivity index (χ4v) is 1.62. The minimum absolute atomic E-state index is 0.0542. The predicted octanol–water partition coefficient (Wildman–Crippen LogP) is 1.72. The Balaban J connectivity index is 2.97. The van der Waals surface area contributed by atoms with Gasteiger partial charge in [0.1, 0.15) is 0 Å². The smallest absolute Gasteiger partial charge is 0.339 e. The number of ether oxygens (including phenoxy) is 2. The Kier molecular flexibility index (Phi) is 4.71. The van der Waals surface area contributed by atoms with Crippen LogP contribution >= 0.6 is 0 Å². The van der Waals surface area contributed by atoms with Crippen molar-refractivity contribution < 1.29 is 19.1 Å². The fourth-order valence-electron chi connectivity index (χ4n) is 1.62. The molecular formula is C13H17NO4. The van der Waals surface area contributed by atoms with E-state index in [1.54, 1.807) is 18.2 Å². The van der Waals surface area contributed by atoms with Crippen LogP contribution in [-0.4, -0.2) is 26.2 Å². The van der Waals surface area contributed by atoms with Gasteiger partial charge in [-0.15, -0.1) is 0 Å². The molecule has 0 heterocycles. The molecule has 1 atom stereocenters. The van der Waals surface area contributed by atoms with Gasteiger partial charge in [0.05, 0.1) is 26.2 Å². The van der Waals surface area contributed by atoms with E-state index in [0.717, 1.165) is 5.56 Å². The molecule has 0 bridgehead atoms. The van der Waals surface area contributed by atoms with Gasteiger partial charge in [-0.2, -0.15) is 0 Å². The summed E-state index contributed by atoms with van der Waals surface area (Å²) >= 11 is 0. The normalized spacial score (nSPS) is 11.7. The summed E-state index contributed by atoms with van der Waals surface area (Å²) in [7, 11) is 2.64. The fraction of sp³-hybridized carbons (Fsp3) is 0.385. The van der Waals surface area contributed by atoms with Gasteiger partial charge in [0.15, 0.2) is 0 Å². The molecule has 1 unspecified atom stereocenters. The van der Waals surface area contributed by atoms with Crippen LogP contribution in [0.15, 0.2) is 18.2 Å². The largest absolute Gasteiger partial charge is 0.469 e. The van der Waals surface area contributed by atoms with E-state index in [-0.39, 0.29) is 18.3 Å². The highest BCUT2D eigenvalue weighted by atomic mass is 16.5. The number of nitrogen functional groups attached to an aromatic ring is 1. The van der Waals surface area contributed by atoms with Crippen LogP contribution in [0.1, 0.15) is 35.2 Å². The molecule has 0 amide bonds. The number of nitrogens with two attached hydrogens (primary N) is 1. The number of hydrogen-bond donors (Lipinski definition) is 1. The Labute approximate surface area is 106 Å². The maximum atomic E-state index is 11.5. The number of anilines is 1. The first-order chi connectivity index (χ1) is 8.49. The first kappa shape index (κ1) is 14.0. The van der Waals surface area contributed by atoms with Crippen LogP contribution in [0.3, 0.4) is 0 Å². The van der Waals surface area contributed by atoms with Gasteiger partial charge in [-0.1, -0.05) is 13.0 Å². The van der Waals surface area contributed by atoms with E-state index in [4.69, 9.17) is 5.73 Å². The first-order valence-electron chi connectivity index (χ1n) is 5.54. The Morgan fingerprint density at radius 2 is 1.94 bits per heavy atom. The van der Waals surface area contributed by atoms with E-state index >= 15 is 0 Å². The van der Waals surface area contributed by atoms with Crippen LogP contribution in [0.5, 0.6) is 0 Å². The molecule has 2 N–H and O–H groups in total. The van der Waals surface area contributed by atoms with E-state index in [2.05, 4.69) is 9.47 Å². The van der Waals surface area contributed by atoms with Crippen LogP contribution in [0, 0.1) is 0 Å². The standard InChI is InChI=1S/C13H17NO4/c1-8(6-12(15)17-2)9-4-5-11(14)10(7-9)13(16)18-3/h4-5,7-8H,6,14H2,1-3H3. The van der Waals surface area contributed by atoms with Crippen molar-refractivity contribution in [1.82, 2.24) is 0 Å². The van der Waals surface area contributed by atoms with Crippen LogP contribution < -0.4 is 5.73 Å². The number of hydrogen-bond acceptors (Lipinski definition) is 5. The summed E-state index contributed by atoms with van der Waals surface area (Å²) in [6, 6.07) is 5.07. The topological polar surface area (TPSA) is 78.6 Å². The Morgan fingerprint density at radius 3 is 2.50 bits per heavy atom. The van der Waals surface area contributed by atoms with E-state index in [1.165, 1.54) is 14.2 Å². The summed E-state index contributed by atoms with van der Waals surface area (Å²) in [6.07, 6.45) is 0.251. The highest BCUT2D eigenvalue weighted by Gasteiger charge is 2.16. The zero-order chi connectivity index (χ0) is 13.7. The molecule has 0 aromatic heterocycles. The molecule has 1 aromatic carbocycles. The molecule has 98 valence electrons. The molecule has 5 nitrogen and oxygen atoms in total. The summed E-state index contributed by atoms with van der Waals surface area (Å²) in [5.74, 6) is -0.833. The van der Waals surface area contributed by atoms with Crippen molar-refractivity contribution in [3.8, 4) is 0 Å². The maximum absolute atomic E-state index is 11.5. The summed E-state index contributed by atoms with van der Waals surface area (Å²) in [4.78, 5) is 22.7. The van der Waals surface area contributed by atoms with Crippen molar-refractivity contribution >= 4 is 17.6 Å². The van der Waals surface area contributed by atoms with E-state index in [0.29, 0.717) is 11.3 Å². The number of esters is 2. The van der Waals surface area contributed by atoms with Crippen molar-refractivity contribution in [3.63, 3.8) is 0 Å². The SMILES string of the molecule is COC(=O)CC(C)c1ccc(N)c(C(=O)OC)c1. The maximum Gasteiger partial charge on any atom is 0.339 e. The number of rotatable bonds is 4. The highest BCUT2D eigenvalue weighted by molar-refractivity contribution is 5.95. The molecule has 0 aliphatic heterocycles. The Morgan fingerprint density at radius 1 is 1.28 bits per heavy atom. The third-order valence-electron chi connectivity index (χ3n) is 2.75. The van der Waals surface area contributed by atoms with Crippen molar-refractivity contribution in [2.45, 2.75) is 19.3 Å². The first-order valence-corrected chi connectivity index (χ1v) is 5.54. The number of carbonyl (C=O) groups excluding carboxylic acids is 2. The monoisotopic (exact) mass is 251 g/mol. The molecule has 0 saturated carbocycles. The Bertz CT molecular complexity index is 456. The summed E-state index contributed by atoms with van der Waals surface area (Å²) < 4.78 is 9.25. The molecule has 0 aliphatic rings. The Hall–Kier alpha value is -2.04. The molecule has 0 radical (unpaired) electrons. The van der Waals surface area contributed by atoms with Gasteiger partial charge in [0, 0.05) is 5.69 Å². The van der Waals surface area contributed by atoms with Gasteiger partial charge >= 0.3 is 11.9 Å². The molecule has 18 heavy (non-hydrogen) atoms. The third-order valence-corrected chi connectivity index (χ3v) is 2.75. The molecule has 1 aromatic rings. The van der Waals surface area contributed by atoms with Crippen LogP contribution in [0.25, 0.3) is 0 Å².